The Bertz CT molecular complexity index is 644. The Labute approximate surface area is 125 Å². The molecule has 5 nitrogen and oxygen atoms in total. The SMILES string of the molecule is CN(C)C(On1cnc2ccccc21)=[N+](C)C.F[B-](F)(F)F. The number of hydrogen-bond acceptors (Lipinski definition) is 2. The van der Waals surface area contributed by atoms with E-state index in [1.54, 1.807) is 11.1 Å². The fraction of sp³-hybridized carbons (Fsp3) is 0.333. The maximum Gasteiger partial charge on any atom is 0.673 e. The zero-order valence-electron chi connectivity index (χ0n) is 12.7. The number of amidine groups is 1. The molecule has 122 valence electrons. The Morgan fingerprint density at radius 3 is 2.23 bits per heavy atom. The molecule has 0 aliphatic heterocycles. The number of fused-ring (bicyclic) bond motifs is 1. The molecule has 1 aromatic carbocycles. The first-order chi connectivity index (χ1) is 10.1. The quantitative estimate of drug-likeness (QED) is 0.265. The van der Waals surface area contributed by atoms with Gasteiger partial charge in [-0.2, -0.15) is 4.73 Å². The second-order valence-electron chi connectivity index (χ2n) is 4.72. The summed E-state index contributed by atoms with van der Waals surface area (Å²) >= 11 is 0. The summed E-state index contributed by atoms with van der Waals surface area (Å²) in [5, 5.41) is 0. The van der Waals surface area contributed by atoms with Crippen LogP contribution in [0.15, 0.2) is 30.6 Å². The first-order valence-electron chi connectivity index (χ1n) is 6.29. The molecule has 0 spiro atoms. The Hall–Kier alpha value is -2.26. The first kappa shape index (κ1) is 17.8. The zero-order valence-corrected chi connectivity index (χ0v) is 12.7. The third-order valence-electron chi connectivity index (χ3n) is 2.37. The normalized spacial score (nSPS) is 10.7. The molecule has 0 saturated heterocycles. The van der Waals surface area contributed by atoms with Gasteiger partial charge in [-0.05, 0) is 12.1 Å². The number of rotatable bonds is 1. The van der Waals surface area contributed by atoms with Crippen LogP contribution in [-0.4, -0.2) is 60.7 Å². The lowest BCUT2D eigenvalue weighted by Gasteiger charge is -2.11. The van der Waals surface area contributed by atoms with E-state index in [4.69, 9.17) is 4.84 Å². The topological polar surface area (TPSA) is 33.3 Å². The molecule has 0 unspecified atom stereocenters. The van der Waals surface area contributed by atoms with Crippen LogP contribution in [0.1, 0.15) is 0 Å². The van der Waals surface area contributed by atoms with Gasteiger partial charge >= 0.3 is 13.3 Å². The summed E-state index contributed by atoms with van der Waals surface area (Å²) < 4.78 is 42.6. The number of imidazole rings is 1. The fourth-order valence-electron chi connectivity index (χ4n) is 1.66. The van der Waals surface area contributed by atoms with Crippen LogP contribution in [0.5, 0.6) is 0 Å². The molecule has 0 bridgehead atoms. The highest BCUT2D eigenvalue weighted by atomic mass is 19.5. The summed E-state index contributed by atoms with van der Waals surface area (Å²) in [5.74, 6) is 0. The lowest BCUT2D eigenvalue weighted by molar-refractivity contribution is -0.480. The molecule has 0 amide bonds. The molecule has 1 heterocycles. The summed E-state index contributed by atoms with van der Waals surface area (Å²) in [7, 11) is 1.76. The standard InChI is InChI=1S/C12H17N4O.BF4/c1-14(2)12(15(3)4)17-16-9-13-10-7-5-6-8-11(10)16;2-1(3,4)5/h5-9H,1-4H3;/q+1;-1. The molecular weight excluding hydrogens is 303 g/mol. The Morgan fingerprint density at radius 2 is 1.73 bits per heavy atom. The fourth-order valence-corrected chi connectivity index (χ4v) is 1.66. The van der Waals surface area contributed by atoms with Gasteiger partial charge in [-0.1, -0.05) is 12.1 Å². The number of para-hydroxylation sites is 2. The van der Waals surface area contributed by atoms with E-state index in [2.05, 4.69) is 4.98 Å². The number of nitrogens with zero attached hydrogens (tertiary/aromatic N) is 4. The maximum atomic E-state index is 9.75. The van der Waals surface area contributed by atoms with Gasteiger partial charge in [-0.3, -0.25) is 4.84 Å². The van der Waals surface area contributed by atoms with Crippen LogP contribution in [-0.2, 0) is 0 Å². The summed E-state index contributed by atoms with van der Waals surface area (Å²) in [5.41, 5.74) is 1.87. The van der Waals surface area contributed by atoms with E-state index in [9.17, 15) is 17.3 Å². The molecule has 0 fully saturated rings. The van der Waals surface area contributed by atoms with Crippen molar-refractivity contribution < 1.29 is 26.7 Å². The minimum absolute atomic E-state index is 0.744. The molecule has 10 heteroatoms. The van der Waals surface area contributed by atoms with Gasteiger partial charge in [0.25, 0.3) is 0 Å². The van der Waals surface area contributed by atoms with E-state index in [0.29, 0.717) is 0 Å². The monoisotopic (exact) mass is 320 g/mol. The van der Waals surface area contributed by atoms with Crippen LogP contribution < -0.4 is 4.84 Å². The summed E-state index contributed by atoms with van der Waals surface area (Å²) in [4.78, 5) is 12.0. The minimum Gasteiger partial charge on any atom is -0.418 e. The van der Waals surface area contributed by atoms with Gasteiger partial charge in [0, 0.05) is 0 Å². The molecule has 0 saturated carbocycles. The molecule has 0 N–H and O–H groups in total. The highest BCUT2D eigenvalue weighted by Gasteiger charge is 2.20. The van der Waals surface area contributed by atoms with E-state index >= 15 is 0 Å². The molecule has 1 aromatic heterocycles. The van der Waals surface area contributed by atoms with Crippen molar-refractivity contribution in [2.75, 3.05) is 28.2 Å². The van der Waals surface area contributed by atoms with E-state index in [-0.39, 0.29) is 0 Å². The van der Waals surface area contributed by atoms with Gasteiger partial charge in [-0.25, -0.2) is 14.5 Å². The molecule has 0 atom stereocenters. The van der Waals surface area contributed by atoms with E-state index < -0.39 is 7.25 Å². The second-order valence-corrected chi connectivity index (χ2v) is 4.72. The maximum absolute atomic E-state index is 9.75. The highest BCUT2D eigenvalue weighted by molar-refractivity contribution is 6.50. The molecular formula is C12H17BF4N4O. The second kappa shape index (κ2) is 7.14. The summed E-state index contributed by atoms with van der Waals surface area (Å²) in [6.07, 6.45) is 1.68. The smallest absolute Gasteiger partial charge is 0.418 e. The third kappa shape index (κ3) is 5.62. The highest BCUT2D eigenvalue weighted by Crippen LogP contribution is 2.10. The van der Waals surface area contributed by atoms with Gasteiger partial charge < -0.3 is 17.3 Å². The van der Waals surface area contributed by atoms with Crippen molar-refractivity contribution in [3.63, 3.8) is 0 Å². The average molecular weight is 320 g/mol. The summed E-state index contributed by atoms with van der Waals surface area (Å²) in [6, 6.07) is 8.61. The number of aromatic nitrogens is 2. The molecule has 0 aliphatic rings. The molecule has 0 aliphatic carbocycles. The largest absolute Gasteiger partial charge is 0.673 e. The molecule has 2 aromatic rings. The van der Waals surface area contributed by atoms with E-state index in [0.717, 1.165) is 17.1 Å². The van der Waals surface area contributed by atoms with Crippen LogP contribution in [0.3, 0.4) is 0 Å². The van der Waals surface area contributed by atoms with Crippen molar-refractivity contribution in [2.45, 2.75) is 0 Å². The average Bonchev–Trinajstić information content (AvgIpc) is 2.76. The van der Waals surface area contributed by atoms with Crippen LogP contribution in [0.25, 0.3) is 11.0 Å². The Kier molecular flexibility index (Phi) is 5.78. The van der Waals surface area contributed by atoms with Crippen molar-refractivity contribution in [1.82, 2.24) is 14.6 Å². The van der Waals surface area contributed by atoms with E-state index in [1.807, 2.05) is 61.9 Å². The lowest BCUT2D eigenvalue weighted by Crippen LogP contribution is -2.38. The van der Waals surface area contributed by atoms with Gasteiger partial charge in [0.1, 0.15) is 11.8 Å². The van der Waals surface area contributed by atoms with E-state index in [1.165, 1.54) is 0 Å². The number of halogens is 4. The third-order valence-corrected chi connectivity index (χ3v) is 2.37. The Morgan fingerprint density at radius 1 is 1.18 bits per heavy atom. The van der Waals surface area contributed by atoms with Gasteiger partial charge in [-0.15, -0.1) is 0 Å². The number of hydrogen-bond donors (Lipinski definition) is 0. The number of benzene rings is 1. The van der Waals surface area contributed by atoms with Crippen molar-refractivity contribution in [3.05, 3.63) is 30.6 Å². The van der Waals surface area contributed by atoms with Crippen molar-refractivity contribution in [1.29, 1.82) is 0 Å². The minimum atomic E-state index is -6.00. The van der Waals surface area contributed by atoms with Crippen LogP contribution >= 0.6 is 0 Å². The predicted octanol–water partition coefficient (Wildman–Crippen LogP) is 1.95. The van der Waals surface area contributed by atoms with Gasteiger partial charge in [0.05, 0.1) is 33.7 Å². The first-order valence-corrected chi connectivity index (χ1v) is 6.29. The molecule has 22 heavy (non-hydrogen) atoms. The molecule has 0 radical (unpaired) electrons. The van der Waals surface area contributed by atoms with Crippen molar-refractivity contribution in [3.8, 4) is 0 Å². The summed E-state index contributed by atoms with van der Waals surface area (Å²) in [6.45, 7) is 0. The van der Waals surface area contributed by atoms with Gasteiger partial charge in [0.15, 0.2) is 0 Å². The predicted molar refractivity (Wildman–Crippen MR) is 77.3 cm³/mol. The van der Waals surface area contributed by atoms with Crippen LogP contribution in [0.2, 0.25) is 0 Å². The van der Waals surface area contributed by atoms with Gasteiger partial charge in [0.2, 0.25) is 0 Å². The van der Waals surface area contributed by atoms with Crippen LogP contribution in [0, 0.1) is 0 Å². The van der Waals surface area contributed by atoms with Crippen molar-refractivity contribution >= 4 is 24.3 Å². The van der Waals surface area contributed by atoms with Crippen molar-refractivity contribution in [2.24, 2.45) is 0 Å². The lowest BCUT2D eigenvalue weighted by atomic mass is 10.3. The van der Waals surface area contributed by atoms with Crippen LogP contribution in [0.4, 0.5) is 17.3 Å². The Balaban J connectivity index is 0.000000422. The molecule has 2 rings (SSSR count). The zero-order chi connectivity index (χ0) is 16.9.